The average molecular weight is 295 g/mol. The van der Waals surface area contributed by atoms with E-state index in [2.05, 4.69) is 30.4 Å². The van der Waals surface area contributed by atoms with Crippen LogP contribution in [0.5, 0.6) is 0 Å². The molecule has 0 unspecified atom stereocenters. The molecule has 0 rings (SSSR count). The maximum absolute atomic E-state index is 11.2. The van der Waals surface area contributed by atoms with Crippen LogP contribution in [-0.4, -0.2) is 69.6 Å². The molecule has 0 aromatic heterocycles. The lowest BCUT2D eigenvalue weighted by Gasteiger charge is -2.21. The third kappa shape index (κ3) is 11.9. The smallest absolute Gasteiger partial charge is 0.233 e. The molecule has 0 saturated heterocycles. The fourth-order valence-electron chi connectivity index (χ4n) is 1.62. The first kappa shape index (κ1) is 19.4. The van der Waals surface area contributed by atoms with Crippen molar-refractivity contribution in [2.75, 3.05) is 53.9 Å². The Hall–Kier alpha value is -1.59. The molecule has 0 fully saturated rings. The van der Waals surface area contributed by atoms with Gasteiger partial charge in [-0.15, -0.1) is 0 Å². The van der Waals surface area contributed by atoms with Gasteiger partial charge in [-0.2, -0.15) is 0 Å². The molecule has 0 aromatic carbocycles. The van der Waals surface area contributed by atoms with Crippen LogP contribution in [0.15, 0.2) is 37.1 Å². The highest BCUT2D eigenvalue weighted by Crippen LogP contribution is 1.98. The molecule has 120 valence electrons. The van der Waals surface area contributed by atoms with E-state index in [0.29, 0.717) is 18.9 Å². The second-order valence-corrected chi connectivity index (χ2v) is 4.98. The SMILES string of the molecule is C=C/C=C\C(=C)OCCCN(C)CCN(C)CC(=O)NC. The minimum Gasteiger partial charge on any atom is -0.494 e. The highest BCUT2D eigenvalue weighted by Gasteiger charge is 2.05. The number of carbonyl (C=O) groups excluding carboxylic acids is 1. The summed E-state index contributed by atoms with van der Waals surface area (Å²) in [5.41, 5.74) is 0. The number of nitrogens with zero attached hydrogens (tertiary/aromatic N) is 2. The van der Waals surface area contributed by atoms with Crippen molar-refractivity contribution in [3.05, 3.63) is 37.1 Å². The Bertz CT molecular complexity index is 353. The van der Waals surface area contributed by atoms with Crippen LogP contribution in [0.1, 0.15) is 6.42 Å². The molecule has 5 heteroatoms. The minimum absolute atomic E-state index is 0.0413. The number of nitrogens with one attached hydrogen (secondary N) is 1. The number of amides is 1. The Labute approximate surface area is 128 Å². The van der Waals surface area contributed by atoms with Gasteiger partial charge in [-0.1, -0.05) is 25.3 Å². The van der Waals surface area contributed by atoms with Crippen molar-refractivity contribution in [1.29, 1.82) is 0 Å². The quantitative estimate of drug-likeness (QED) is 0.334. The largest absolute Gasteiger partial charge is 0.494 e. The highest BCUT2D eigenvalue weighted by molar-refractivity contribution is 5.77. The predicted octanol–water partition coefficient (Wildman–Crippen LogP) is 1.26. The average Bonchev–Trinajstić information content (AvgIpc) is 2.47. The Morgan fingerprint density at radius 3 is 2.52 bits per heavy atom. The van der Waals surface area contributed by atoms with E-state index in [9.17, 15) is 4.79 Å². The van der Waals surface area contributed by atoms with E-state index >= 15 is 0 Å². The summed E-state index contributed by atoms with van der Waals surface area (Å²) in [4.78, 5) is 15.4. The van der Waals surface area contributed by atoms with Gasteiger partial charge >= 0.3 is 0 Å². The van der Waals surface area contributed by atoms with Gasteiger partial charge in [0.15, 0.2) is 0 Å². The Balaban J connectivity index is 3.64. The zero-order chi connectivity index (χ0) is 16.1. The molecule has 5 nitrogen and oxygen atoms in total. The molecule has 0 bridgehead atoms. The van der Waals surface area contributed by atoms with E-state index in [1.54, 1.807) is 25.3 Å². The van der Waals surface area contributed by atoms with Gasteiger partial charge in [-0.25, -0.2) is 0 Å². The number of allylic oxidation sites excluding steroid dienone is 3. The van der Waals surface area contributed by atoms with Crippen LogP contribution >= 0.6 is 0 Å². The van der Waals surface area contributed by atoms with Gasteiger partial charge in [0, 0.05) is 26.7 Å². The third-order valence-electron chi connectivity index (χ3n) is 2.95. The number of carbonyl (C=O) groups is 1. The lowest BCUT2D eigenvalue weighted by atomic mass is 10.4. The van der Waals surface area contributed by atoms with E-state index in [1.165, 1.54) is 0 Å². The summed E-state index contributed by atoms with van der Waals surface area (Å²) < 4.78 is 5.47. The van der Waals surface area contributed by atoms with E-state index in [0.717, 1.165) is 26.1 Å². The molecular formula is C16H29N3O2. The molecule has 1 amide bonds. The van der Waals surface area contributed by atoms with Gasteiger partial charge < -0.3 is 15.0 Å². The Kier molecular flexibility index (Phi) is 11.3. The summed E-state index contributed by atoms with van der Waals surface area (Å²) in [7, 11) is 5.67. The van der Waals surface area contributed by atoms with Crippen molar-refractivity contribution in [3.63, 3.8) is 0 Å². The van der Waals surface area contributed by atoms with Gasteiger partial charge in [0.2, 0.25) is 5.91 Å². The summed E-state index contributed by atoms with van der Waals surface area (Å²) in [6.07, 6.45) is 6.23. The predicted molar refractivity (Wildman–Crippen MR) is 88.1 cm³/mol. The first-order valence-corrected chi connectivity index (χ1v) is 7.18. The van der Waals surface area contributed by atoms with Gasteiger partial charge in [0.25, 0.3) is 0 Å². The van der Waals surface area contributed by atoms with Crippen LogP contribution in [-0.2, 0) is 9.53 Å². The van der Waals surface area contributed by atoms with Crippen LogP contribution in [0, 0.1) is 0 Å². The van der Waals surface area contributed by atoms with Crippen molar-refractivity contribution < 1.29 is 9.53 Å². The fraction of sp³-hybridized carbons (Fsp3) is 0.562. The van der Waals surface area contributed by atoms with Gasteiger partial charge in [0.05, 0.1) is 13.2 Å². The topological polar surface area (TPSA) is 44.8 Å². The molecule has 0 atom stereocenters. The molecule has 0 saturated carbocycles. The summed E-state index contributed by atoms with van der Waals surface area (Å²) in [6, 6.07) is 0. The molecule has 0 aliphatic carbocycles. The monoisotopic (exact) mass is 295 g/mol. The normalized spacial score (nSPS) is 11.1. The maximum Gasteiger partial charge on any atom is 0.233 e. The Morgan fingerprint density at radius 2 is 1.90 bits per heavy atom. The number of hydrogen-bond acceptors (Lipinski definition) is 4. The summed E-state index contributed by atoms with van der Waals surface area (Å²) in [5, 5.41) is 2.62. The van der Waals surface area contributed by atoms with Gasteiger partial charge in [-0.3, -0.25) is 9.69 Å². The Morgan fingerprint density at radius 1 is 1.24 bits per heavy atom. The molecule has 0 aliphatic rings. The number of likely N-dealkylation sites (N-methyl/N-ethyl adjacent to an activating group) is 3. The number of ether oxygens (including phenoxy) is 1. The molecule has 21 heavy (non-hydrogen) atoms. The van der Waals surface area contributed by atoms with E-state index < -0.39 is 0 Å². The lowest BCUT2D eigenvalue weighted by molar-refractivity contribution is -0.121. The number of rotatable bonds is 12. The minimum atomic E-state index is 0.0413. The van der Waals surface area contributed by atoms with Crippen molar-refractivity contribution in [2.45, 2.75) is 6.42 Å². The summed E-state index contributed by atoms with van der Waals surface area (Å²) in [5.74, 6) is 0.697. The first-order valence-electron chi connectivity index (χ1n) is 7.18. The van der Waals surface area contributed by atoms with Crippen molar-refractivity contribution in [1.82, 2.24) is 15.1 Å². The molecule has 0 heterocycles. The molecule has 0 aromatic rings. The first-order chi connectivity index (χ1) is 9.99. The van der Waals surface area contributed by atoms with E-state index in [1.807, 2.05) is 11.9 Å². The highest BCUT2D eigenvalue weighted by atomic mass is 16.5. The second-order valence-electron chi connectivity index (χ2n) is 4.98. The zero-order valence-electron chi connectivity index (χ0n) is 13.6. The fourth-order valence-corrected chi connectivity index (χ4v) is 1.62. The van der Waals surface area contributed by atoms with Gasteiger partial charge in [0.1, 0.15) is 5.76 Å². The number of hydrogen-bond donors (Lipinski definition) is 1. The molecule has 0 aliphatic heterocycles. The zero-order valence-corrected chi connectivity index (χ0v) is 13.6. The van der Waals surface area contributed by atoms with Crippen molar-refractivity contribution in [3.8, 4) is 0 Å². The molecule has 0 spiro atoms. The summed E-state index contributed by atoms with van der Waals surface area (Å²) in [6.45, 7) is 11.2. The van der Waals surface area contributed by atoms with Crippen LogP contribution in [0.4, 0.5) is 0 Å². The van der Waals surface area contributed by atoms with E-state index in [4.69, 9.17) is 4.74 Å². The van der Waals surface area contributed by atoms with Crippen LogP contribution in [0.3, 0.4) is 0 Å². The van der Waals surface area contributed by atoms with Crippen LogP contribution in [0.25, 0.3) is 0 Å². The standard InChI is InChI=1S/C16H29N3O2/c1-6-7-9-15(2)21-13-8-10-18(4)11-12-19(5)14-16(20)17-3/h6-7,9H,1-2,8,10-14H2,3-5H3,(H,17,20)/b9-7-. The molecule has 1 N–H and O–H groups in total. The second kappa shape index (κ2) is 12.2. The molecular weight excluding hydrogens is 266 g/mol. The summed E-state index contributed by atoms with van der Waals surface area (Å²) >= 11 is 0. The molecule has 0 radical (unpaired) electrons. The lowest BCUT2D eigenvalue weighted by Crippen LogP contribution is -2.37. The van der Waals surface area contributed by atoms with Crippen LogP contribution < -0.4 is 5.32 Å². The third-order valence-corrected chi connectivity index (χ3v) is 2.95. The van der Waals surface area contributed by atoms with Gasteiger partial charge in [-0.05, 0) is 26.6 Å². The maximum atomic E-state index is 11.2. The van der Waals surface area contributed by atoms with Crippen molar-refractivity contribution in [2.24, 2.45) is 0 Å². The van der Waals surface area contributed by atoms with E-state index in [-0.39, 0.29) is 5.91 Å². The van der Waals surface area contributed by atoms with Crippen LogP contribution in [0.2, 0.25) is 0 Å². The van der Waals surface area contributed by atoms with Crippen molar-refractivity contribution >= 4 is 5.91 Å².